The molecule has 6 atom stereocenters. The predicted molar refractivity (Wildman–Crippen MR) is 201 cm³/mol. The number of nitrogens with one attached hydrogen (secondary N) is 1. The predicted octanol–water partition coefficient (Wildman–Crippen LogP) is 6.33. The van der Waals surface area contributed by atoms with E-state index in [0.717, 1.165) is 22.0 Å². The Morgan fingerprint density at radius 3 is 2.32 bits per heavy atom. The minimum absolute atomic E-state index is 0.00397. The molecule has 2 aliphatic heterocycles. The number of carboxylic acid groups (broad SMARTS) is 1. The van der Waals surface area contributed by atoms with Crippen LogP contribution in [0.3, 0.4) is 0 Å². The molecular formula is C42H33ClFN3O9. The van der Waals surface area contributed by atoms with Gasteiger partial charge < -0.3 is 20.1 Å². The minimum Gasteiger partial charge on any atom is -0.507 e. The molecule has 2 heterocycles. The number of phenolic OH excluding ortho intramolecular Hbond substituents is 1. The molecule has 0 aromatic heterocycles. The van der Waals surface area contributed by atoms with E-state index in [0.29, 0.717) is 21.7 Å². The third kappa shape index (κ3) is 5.60. The summed E-state index contributed by atoms with van der Waals surface area (Å²) in [5, 5.41) is 31.5. The van der Waals surface area contributed by atoms with Gasteiger partial charge in [-0.25, -0.2) is 14.1 Å². The molecule has 4 amide bonds. The molecule has 0 spiro atoms. The molecule has 2 aliphatic carbocycles. The fourth-order valence-corrected chi connectivity index (χ4v) is 9.13. The van der Waals surface area contributed by atoms with Crippen LogP contribution in [0, 0.1) is 35.4 Å². The Bertz CT molecular complexity index is 2400. The molecule has 4 aromatic rings. The van der Waals surface area contributed by atoms with Crippen molar-refractivity contribution in [2.45, 2.75) is 18.3 Å². The number of carboxylic acids is 1. The Hall–Kier alpha value is -6.47. The number of ether oxygens (including phenoxy) is 1. The van der Waals surface area contributed by atoms with Gasteiger partial charge in [0.15, 0.2) is 11.5 Å². The number of benzene rings is 4. The van der Waals surface area contributed by atoms with Gasteiger partial charge >= 0.3 is 5.97 Å². The van der Waals surface area contributed by atoms with Crippen LogP contribution in [0.25, 0.3) is 6.08 Å². The zero-order chi connectivity index (χ0) is 39.6. The third-order valence-corrected chi connectivity index (χ3v) is 11.7. The van der Waals surface area contributed by atoms with E-state index < -0.39 is 81.7 Å². The van der Waals surface area contributed by atoms with Gasteiger partial charge in [0, 0.05) is 17.0 Å². The first-order valence-corrected chi connectivity index (χ1v) is 18.1. The van der Waals surface area contributed by atoms with Gasteiger partial charge in [-0.1, -0.05) is 53.6 Å². The number of allylic oxidation sites excluding steroid dienone is 3. The molecule has 1 saturated carbocycles. The Kier molecular flexibility index (Phi) is 8.92. The molecule has 8 rings (SSSR count). The molecule has 3 fully saturated rings. The number of amides is 4. The summed E-state index contributed by atoms with van der Waals surface area (Å²) >= 11 is 6.34. The van der Waals surface area contributed by atoms with Gasteiger partial charge in [-0.3, -0.25) is 24.6 Å². The van der Waals surface area contributed by atoms with Crippen molar-refractivity contribution >= 4 is 58.6 Å². The zero-order valence-electron chi connectivity index (χ0n) is 29.6. The molecule has 0 radical (unpaired) electrons. The first-order chi connectivity index (χ1) is 26.8. The normalized spacial score (nSPS) is 25.6. The maximum Gasteiger partial charge on any atom is 0.339 e. The summed E-state index contributed by atoms with van der Waals surface area (Å²) in [6.07, 6.45) is 5.51. The third-order valence-electron chi connectivity index (χ3n) is 11.5. The molecule has 14 heteroatoms. The summed E-state index contributed by atoms with van der Waals surface area (Å²) in [4.78, 5) is 71.0. The van der Waals surface area contributed by atoms with Gasteiger partial charge in [0.1, 0.15) is 17.1 Å². The zero-order valence-corrected chi connectivity index (χ0v) is 30.3. The highest BCUT2D eigenvalue weighted by molar-refractivity contribution is 6.30. The summed E-state index contributed by atoms with van der Waals surface area (Å²) in [6.45, 7) is 0. The van der Waals surface area contributed by atoms with E-state index in [2.05, 4.69) is 5.43 Å². The van der Waals surface area contributed by atoms with Crippen molar-refractivity contribution in [3.05, 3.63) is 130 Å². The lowest BCUT2D eigenvalue weighted by Gasteiger charge is -2.49. The fourth-order valence-electron chi connectivity index (χ4n) is 9.00. The Morgan fingerprint density at radius 1 is 0.911 bits per heavy atom. The second-order valence-corrected chi connectivity index (χ2v) is 14.7. The second-order valence-electron chi connectivity index (χ2n) is 14.2. The van der Waals surface area contributed by atoms with E-state index in [1.165, 1.54) is 43.5 Å². The molecule has 4 aromatic carbocycles. The Labute approximate surface area is 324 Å². The topological polar surface area (TPSA) is 174 Å². The van der Waals surface area contributed by atoms with Gasteiger partial charge in [0.05, 0.1) is 41.7 Å². The lowest BCUT2D eigenvalue weighted by Crippen LogP contribution is -2.54. The number of aromatic hydroxyl groups is 2. The summed E-state index contributed by atoms with van der Waals surface area (Å²) < 4.78 is 19.2. The number of hydrogen-bond donors (Lipinski definition) is 4. The molecule has 4 aliphatic rings. The number of rotatable bonds is 8. The fraction of sp³-hybridized carbons (Fsp3) is 0.214. The van der Waals surface area contributed by atoms with E-state index in [1.807, 2.05) is 6.08 Å². The van der Waals surface area contributed by atoms with Crippen molar-refractivity contribution in [1.82, 2.24) is 5.01 Å². The lowest BCUT2D eigenvalue weighted by molar-refractivity contribution is -0.139. The number of halogens is 2. The van der Waals surface area contributed by atoms with Crippen LogP contribution in [0.2, 0.25) is 5.02 Å². The van der Waals surface area contributed by atoms with E-state index in [-0.39, 0.29) is 35.7 Å². The van der Waals surface area contributed by atoms with Gasteiger partial charge in [-0.15, -0.1) is 0 Å². The van der Waals surface area contributed by atoms with Crippen LogP contribution < -0.4 is 15.1 Å². The quantitative estimate of drug-likeness (QED) is 0.117. The maximum absolute atomic E-state index is 15.2. The average Bonchev–Trinajstić information content (AvgIpc) is 3.56. The van der Waals surface area contributed by atoms with E-state index >= 15 is 4.79 Å². The van der Waals surface area contributed by atoms with Crippen molar-refractivity contribution < 1.29 is 48.4 Å². The first-order valence-electron chi connectivity index (χ1n) is 17.7. The summed E-state index contributed by atoms with van der Waals surface area (Å²) in [6, 6.07) is 20.0. The van der Waals surface area contributed by atoms with Crippen LogP contribution in [0.5, 0.6) is 17.2 Å². The van der Waals surface area contributed by atoms with Crippen LogP contribution in [-0.2, 0) is 24.6 Å². The SMILES string of the molecule is COc1cc(C=C[C@H]2C3=CC[C@@H]4C(=O)N(c5ccc(C(=O)O)c(O)c5)C(=O)[C@@H]4[C@@H]3C[C@H]3C(=O)N(Nc4ccc(F)cc4)C(=O)[C@@]23c2ccc(Cl)cc2)ccc1O. The second kappa shape index (κ2) is 13.7. The van der Waals surface area contributed by atoms with Crippen LogP contribution >= 0.6 is 11.6 Å². The van der Waals surface area contributed by atoms with Gasteiger partial charge in [-0.05, 0) is 90.6 Å². The van der Waals surface area contributed by atoms with E-state index in [1.54, 1.807) is 48.6 Å². The number of anilines is 2. The van der Waals surface area contributed by atoms with Gasteiger partial charge in [-0.2, -0.15) is 5.01 Å². The van der Waals surface area contributed by atoms with Crippen LogP contribution in [-0.4, -0.2) is 57.0 Å². The summed E-state index contributed by atoms with van der Waals surface area (Å²) in [5.74, 6) is -9.16. The molecule has 284 valence electrons. The van der Waals surface area contributed by atoms with Crippen molar-refractivity contribution in [2.24, 2.45) is 29.6 Å². The highest BCUT2D eigenvalue weighted by Crippen LogP contribution is 2.62. The maximum atomic E-state index is 15.2. The van der Waals surface area contributed by atoms with Crippen LogP contribution in [0.1, 0.15) is 34.3 Å². The molecule has 56 heavy (non-hydrogen) atoms. The highest BCUT2D eigenvalue weighted by Gasteiger charge is 2.69. The largest absolute Gasteiger partial charge is 0.507 e. The average molecular weight is 778 g/mol. The number of fused-ring (bicyclic) bond motifs is 4. The number of phenols is 2. The highest BCUT2D eigenvalue weighted by atomic mass is 35.5. The number of carbonyl (C=O) groups excluding carboxylic acids is 4. The van der Waals surface area contributed by atoms with Gasteiger partial charge in [0.2, 0.25) is 11.8 Å². The van der Waals surface area contributed by atoms with Crippen LogP contribution in [0.15, 0.2) is 103 Å². The summed E-state index contributed by atoms with van der Waals surface area (Å²) in [5.41, 5.74) is 2.93. The summed E-state index contributed by atoms with van der Waals surface area (Å²) in [7, 11) is 1.41. The van der Waals surface area contributed by atoms with Crippen molar-refractivity contribution in [1.29, 1.82) is 0 Å². The van der Waals surface area contributed by atoms with Crippen molar-refractivity contribution in [3.8, 4) is 17.2 Å². The number of hydrogen-bond acceptors (Lipinski definition) is 9. The molecule has 0 bridgehead atoms. The van der Waals surface area contributed by atoms with Gasteiger partial charge in [0.25, 0.3) is 11.8 Å². The lowest BCUT2D eigenvalue weighted by atomic mass is 9.50. The Morgan fingerprint density at radius 2 is 1.64 bits per heavy atom. The number of carbonyl (C=O) groups is 5. The van der Waals surface area contributed by atoms with E-state index in [4.69, 9.17) is 16.3 Å². The smallest absolute Gasteiger partial charge is 0.339 e. The first kappa shape index (κ1) is 36.5. The molecule has 4 N–H and O–H groups in total. The monoisotopic (exact) mass is 777 g/mol. The van der Waals surface area contributed by atoms with Crippen molar-refractivity contribution in [2.75, 3.05) is 17.4 Å². The number of methoxy groups -OCH3 is 1. The van der Waals surface area contributed by atoms with Crippen molar-refractivity contribution in [3.63, 3.8) is 0 Å². The Balaban J connectivity index is 1.28. The molecule has 12 nitrogen and oxygen atoms in total. The standard InChI is InChI=1S/C42H33ClFN3O9/c1-56-35-18-21(3-17-33(35)48)2-16-31-27-14-15-29-36(39(52)46(37(29)50)26-12-13-28(40(53)54)34(49)19-26)30(27)20-32-38(51)47(45-25-10-8-24(44)9-11-25)41(55)42(31,32)22-4-6-23(43)7-5-22/h2-14,16-19,29-32,36,45,48-49H,15,20H2,1H3,(H,53,54)/t29-,30+,31-,32-,36-,42-/m0/s1. The van der Waals surface area contributed by atoms with Crippen LogP contribution in [0.4, 0.5) is 15.8 Å². The number of hydrazine groups is 1. The minimum atomic E-state index is -1.59. The number of nitrogens with zero attached hydrogens (tertiary/aromatic N) is 2. The van der Waals surface area contributed by atoms with E-state index in [9.17, 15) is 38.9 Å². The molecular weight excluding hydrogens is 745 g/mol. The molecule has 2 saturated heterocycles. The number of aromatic carboxylic acids is 1. The molecule has 0 unspecified atom stereocenters. The number of imide groups is 2.